The molecule has 1 aromatic carbocycles. The van der Waals surface area contributed by atoms with Gasteiger partial charge in [-0.15, -0.1) is 11.3 Å². The molecule has 0 radical (unpaired) electrons. The molecule has 0 bridgehead atoms. The lowest BCUT2D eigenvalue weighted by Gasteiger charge is -2.08. The van der Waals surface area contributed by atoms with E-state index in [-0.39, 0.29) is 16.7 Å². The number of nitrogens with zero attached hydrogens (tertiary/aromatic N) is 2. The van der Waals surface area contributed by atoms with Crippen molar-refractivity contribution in [3.8, 4) is 10.6 Å². The van der Waals surface area contributed by atoms with Crippen molar-refractivity contribution in [2.75, 3.05) is 6.54 Å². The van der Waals surface area contributed by atoms with Gasteiger partial charge < -0.3 is 5.32 Å². The van der Waals surface area contributed by atoms with Crippen LogP contribution >= 0.6 is 11.3 Å². The average molecular weight is 277 g/mol. The fourth-order valence-corrected chi connectivity index (χ4v) is 2.72. The number of benzene rings is 1. The van der Waals surface area contributed by atoms with E-state index in [1.165, 1.54) is 6.07 Å². The molecule has 5 nitrogen and oxygen atoms in total. The summed E-state index contributed by atoms with van der Waals surface area (Å²) in [5, 5.41) is 14.9. The number of rotatable bonds is 5. The van der Waals surface area contributed by atoms with Gasteiger partial charge in [0.1, 0.15) is 5.01 Å². The molecule has 6 heteroatoms. The number of thiazole rings is 1. The Morgan fingerprint density at radius 2 is 2.32 bits per heavy atom. The number of nitro groups is 1. The maximum absolute atomic E-state index is 10.8. The lowest BCUT2D eigenvalue weighted by atomic mass is 10.2. The molecule has 2 aromatic rings. The minimum absolute atomic E-state index is 0.0916. The molecular weight excluding hydrogens is 262 g/mol. The second-order valence-electron chi connectivity index (χ2n) is 4.15. The van der Waals surface area contributed by atoms with E-state index >= 15 is 0 Å². The molecule has 0 spiro atoms. The van der Waals surface area contributed by atoms with E-state index in [0.717, 1.165) is 22.0 Å². The molecule has 19 heavy (non-hydrogen) atoms. The summed E-state index contributed by atoms with van der Waals surface area (Å²) < 4.78 is 0. The Bertz CT molecular complexity index is 583. The molecule has 1 heterocycles. The summed E-state index contributed by atoms with van der Waals surface area (Å²) in [6.07, 6.45) is 1.83. The number of nitro benzene ring substituents is 1. The zero-order chi connectivity index (χ0) is 13.8. The van der Waals surface area contributed by atoms with E-state index in [1.54, 1.807) is 23.5 Å². The molecule has 0 saturated heterocycles. The number of non-ortho nitro benzene ring substituents is 1. The molecule has 1 aromatic heterocycles. The van der Waals surface area contributed by atoms with E-state index in [9.17, 15) is 10.1 Å². The van der Waals surface area contributed by atoms with E-state index in [4.69, 9.17) is 0 Å². The SMILES string of the molecule is CCNC(C)c1cnc(-c2cccc([N+](=O)[O-])c2)s1. The van der Waals surface area contributed by atoms with Crippen LogP contribution in [0.5, 0.6) is 0 Å². The largest absolute Gasteiger partial charge is 0.310 e. The van der Waals surface area contributed by atoms with Gasteiger partial charge in [-0.05, 0) is 13.5 Å². The van der Waals surface area contributed by atoms with Gasteiger partial charge in [0.2, 0.25) is 0 Å². The zero-order valence-corrected chi connectivity index (χ0v) is 11.6. The van der Waals surface area contributed by atoms with Crippen LogP contribution in [0.15, 0.2) is 30.5 Å². The molecule has 100 valence electrons. The maximum atomic E-state index is 10.8. The van der Waals surface area contributed by atoms with E-state index in [0.29, 0.717) is 0 Å². The summed E-state index contributed by atoms with van der Waals surface area (Å²) in [5.74, 6) is 0. The second kappa shape index (κ2) is 5.90. The molecule has 0 aliphatic carbocycles. The first-order chi connectivity index (χ1) is 9.11. The van der Waals surface area contributed by atoms with Crippen LogP contribution in [0.1, 0.15) is 24.8 Å². The van der Waals surface area contributed by atoms with Gasteiger partial charge in [-0.3, -0.25) is 10.1 Å². The van der Waals surface area contributed by atoms with Crippen molar-refractivity contribution in [2.45, 2.75) is 19.9 Å². The van der Waals surface area contributed by atoms with Gasteiger partial charge in [-0.2, -0.15) is 0 Å². The Balaban J connectivity index is 2.27. The molecule has 0 amide bonds. The molecule has 2 rings (SSSR count). The van der Waals surface area contributed by atoms with Crippen molar-refractivity contribution >= 4 is 17.0 Å². The first-order valence-corrected chi connectivity index (χ1v) is 6.87. The summed E-state index contributed by atoms with van der Waals surface area (Å²) in [6, 6.07) is 6.81. The van der Waals surface area contributed by atoms with Crippen molar-refractivity contribution < 1.29 is 4.92 Å². The Morgan fingerprint density at radius 3 is 3.00 bits per heavy atom. The highest BCUT2D eigenvalue weighted by molar-refractivity contribution is 7.15. The van der Waals surface area contributed by atoms with Gasteiger partial charge in [-0.1, -0.05) is 19.1 Å². The van der Waals surface area contributed by atoms with Crippen LogP contribution in [0, 0.1) is 10.1 Å². The third-order valence-electron chi connectivity index (χ3n) is 2.76. The van der Waals surface area contributed by atoms with Gasteiger partial charge in [0.25, 0.3) is 5.69 Å². The molecule has 0 fully saturated rings. The van der Waals surface area contributed by atoms with Crippen molar-refractivity contribution in [2.24, 2.45) is 0 Å². The molecular formula is C13H15N3O2S. The Kier molecular flexibility index (Phi) is 4.24. The zero-order valence-electron chi connectivity index (χ0n) is 10.8. The third-order valence-corrected chi connectivity index (χ3v) is 3.99. The summed E-state index contributed by atoms with van der Waals surface area (Å²) in [7, 11) is 0. The minimum atomic E-state index is -0.390. The summed E-state index contributed by atoms with van der Waals surface area (Å²) in [6.45, 7) is 5.03. The lowest BCUT2D eigenvalue weighted by molar-refractivity contribution is -0.384. The molecule has 0 saturated carbocycles. The van der Waals surface area contributed by atoms with Crippen molar-refractivity contribution in [3.05, 3.63) is 45.5 Å². The topological polar surface area (TPSA) is 68.1 Å². The summed E-state index contributed by atoms with van der Waals surface area (Å²) >= 11 is 1.56. The number of hydrogen-bond donors (Lipinski definition) is 1. The molecule has 0 aliphatic rings. The van der Waals surface area contributed by atoms with Gasteiger partial charge in [0.15, 0.2) is 0 Å². The minimum Gasteiger partial charge on any atom is -0.310 e. The van der Waals surface area contributed by atoms with Crippen molar-refractivity contribution in [1.82, 2.24) is 10.3 Å². The highest BCUT2D eigenvalue weighted by atomic mass is 32.1. The second-order valence-corrected chi connectivity index (χ2v) is 5.22. The number of aromatic nitrogens is 1. The summed E-state index contributed by atoms with van der Waals surface area (Å²) in [4.78, 5) is 15.8. The van der Waals surface area contributed by atoms with Crippen LogP contribution in [0.3, 0.4) is 0 Å². The number of hydrogen-bond acceptors (Lipinski definition) is 5. The van der Waals surface area contributed by atoms with E-state index < -0.39 is 0 Å². The highest BCUT2D eigenvalue weighted by Crippen LogP contribution is 2.30. The fourth-order valence-electron chi connectivity index (χ4n) is 1.78. The fraction of sp³-hybridized carbons (Fsp3) is 0.308. The van der Waals surface area contributed by atoms with Crippen LogP contribution in [0.2, 0.25) is 0 Å². The highest BCUT2D eigenvalue weighted by Gasteiger charge is 2.12. The summed E-state index contributed by atoms with van der Waals surface area (Å²) in [5.41, 5.74) is 0.878. The smallest absolute Gasteiger partial charge is 0.270 e. The van der Waals surface area contributed by atoms with Crippen LogP contribution in [0.25, 0.3) is 10.6 Å². The van der Waals surface area contributed by atoms with Gasteiger partial charge in [-0.25, -0.2) is 4.98 Å². The Labute approximate surface area is 115 Å². The Hall–Kier alpha value is -1.79. The average Bonchev–Trinajstić information content (AvgIpc) is 2.89. The first-order valence-electron chi connectivity index (χ1n) is 6.05. The van der Waals surface area contributed by atoms with Gasteiger partial charge >= 0.3 is 0 Å². The molecule has 1 unspecified atom stereocenters. The maximum Gasteiger partial charge on any atom is 0.270 e. The normalized spacial score (nSPS) is 12.3. The van der Waals surface area contributed by atoms with Gasteiger partial charge in [0, 0.05) is 34.8 Å². The van der Waals surface area contributed by atoms with Crippen LogP contribution in [-0.4, -0.2) is 16.5 Å². The van der Waals surface area contributed by atoms with Gasteiger partial charge in [0.05, 0.1) is 4.92 Å². The standard InChI is InChI=1S/C13H15N3O2S/c1-3-14-9(2)12-8-15-13(19-12)10-5-4-6-11(7-10)16(17)18/h4-9,14H,3H2,1-2H3. The van der Waals surface area contributed by atoms with Crippen LogP contribution in [0.4, 0.5) is 5.69 Å². The van der Waals surface area contributed by atoms with Crippen LogP contribution in [-0.2, 0) is 0 Å². The number of nitrogens with one attached hydrogen (secondary N) is 1. The Morgan fingerprint density at radius 1 is 1.53 bits per heavy atom. The third kappa shape index (κ3) is 3.15. The first kappa shape index (κ1) is 13.6. The lowest BCUT2D eigenvalue weighted by Crippen LogP contribution is -2.16. The molecule has 0 aliphatic heterocycles. The molecule has 1 atom stereocenters. The van der Waals surface area contributed by atoms with Crippen molar-refractivity contribution in [3.63, 3.8) is 0 Å². The van der Waals surface area contributed by atoms with E-state index in [2.05, 4.69) is 24.1 Å². The monoisotopic (exact) mass is 277 g/mol. The quantitative estimate of drug-likeness (QED) is 0.672. The van der Waals surface area contributed by atoms with E-state index in [1.807, 2.05) is 12.3 Å². The predicted molar refractivity (Wildman–Crippen MR) is 76.3 cm³/mol. The van der Waals surface area contributed by atoms with Crippen molar-refractivity contribution in [1.29, 1.82) is 0 Å². The predicted octanol–water partition coefficient (Wildman–Crippen LogP) is 3.39. The van der Waals surface area contributed by atoms with Crippen LogP contribution < -0.4 is 5.32 Å². The molecule has 1 N–H and O–H groups in total.